The number of rotatable bonds is 6. The molecule has 0 aliphatic rings. The second-order valence-electron chi connectivity index (χ2n) is 7.37. The number of benzene rings is 2. The number of carbonyl (C=O) groups excluding carboxylic acids is 4. The predicted molar refractivity (Wildman–Crippen MR) is 126 cm³/mol. The Bertz CT molecular complexity index is 1310. The Hall–Kier alpha value is -5.19. The first kappa shape index (κ1) is 25.4. The first-order valence-corrected chi connectivity index (χ1v) is 10.4. The van der Waals surface area contributed by atoms with Crippen LogP contribution in [0.1, 0.15) is 55.3 Å². The van der Waals surface area contributed by atoms with Gasteiger partial charge in [-0.2, -0.15) is 0 Å². The molecular formula is C25H19N3O8. The monoisotopic (exact) mass is 489 g/mol. The zero-order valence-corrected chi connectivity index (χ0v) is 19.0. The highest BCUT2D eigenvalue weighted by Crippen LogP contribution is 2.24. The molecule has 0 saturated heterocycles. The summed E-state index contributed by atoms with van der Waals surface area (Å²) in [4.78, 5) is 79.7. The van der Waals surface area contributed by atoms with E-state index < -0.39 is 35.6 Å². The van der Waals surface area contributed by atoms with Crippen LogP contribution in [0, 0.1) is 0 Å². The molecule has 3 rings (SSSR count). The number of aromatic nitrogens is 1. The van der Waals surface area contributed by atoms with Crippen molar-refractivity contribution in [1.82, 2.24) is 4.98 Å². The molecule has 0 atom stereocenters. The molecule has 0 aliphatic carbocycles. The van der Waals surface area contributed by atoms with Gasteiger partial charge < -0.3 is 10.2 Å². The van der Waals surface area contributed by atoms with Crippen LogP contribution in [0.25, 0.3) is 0 Å². The normalized spacial score (nSPS) is 10.3. The van der Waals surface area contributed by atoms with Gasteiger partial charge in [-0.25, -0.2) is 24.4 Å². The maximum absolute atomic E-state index is 13.2. The Morgan fingerprint density at radius 3 is 1.19 bits per heavy atom. The van der Waals surface area contributed by atoms with Crippen molar-refractivity contribution < 1.29 is 39.0 Å². The van der Waals surface area contributed by atoms with Gasteiger partial charge in [-0.1, -0.05) is 30.3 Å². The second-order valence-corrected chi connectivity index (χ2v) is 7.37. The molecule has 36 heavy (non-hydrogen) atoms. The van der Waals surface area contributed by atoms with Crippen molar-refractivity contribution in [2.75, 3.05) is 9.80 Å². The number of nitrogens with zero attached hydrogens (tertiary/aromatic N) is 3. The number of carboxylic acids is 2. The number of carbonyl (C=O) groups is 6. The highest BCUT2D eigenvalue weighted by atomic mass is 16.4. The molecule has 0 saturated carbocycles. The molecule has 1 heterocycles. The number of pyridine rings is 1. The molecule has 1 aromatic heterocycles. The third kappa shape index (κ3) is 4.99. The maximum Gasteiger partial charge on any atom is 0.336 e. The summed E-state index contributed by atoms with van der Waals surface area (Å²) in [5.74, 6) is -6.90. The molecular weight excluding hydrogens is 470 g/mol. The Morgan fingerprint density at radius 1 is 0.556 bits per heavy atom. The summed E-state index contributed by atoms with van der Waals surface area (Å²) < 4.78 is 0. The van der Waals surface area contributed by atoms with E-state index in [4.69, 9.17) is 0 Å². The largest absolute Gasteiger partial charge is 0.478 e. The van der Waals surface area contributed by atoms with Crippen LogP contribution in [0.4, 0.5) is 11.6 Å². The quantitative estimate of drug-likeness (QED) is 0.530. The van der Waals surface area contributed by atoms with E-state index in [1.54, 1.807) is 0 Å². The number of imide groups is 2. The molecule has 0 unspecified atom stereocenters. The summed E-state index contributed by atoms with van der Waals surface area (Å²) in [5, 5.41) is 18.8. The smallest absolute Gasteiger partial charge is 0.336 e. The van der Waals surface area contributed by atoms with Crippen LogP contribution in [0.3, 0.4) is 0 Å². The fourth-order valence-corrected chi connectivity index (χ4v) is 3.43. The second kappa shape index (κ2) is 10.4. The summed E-state index contributed by atoms with van der Waals surface area (Å²) in [6.07, 6.45) is 0. The zero-order chi connectivity index (χ0) is 26.6. The minimum atomic E-state index is -1.38. The van der Waals surface area contributed by atoms with Gasteiger partial charge in [0.05, 0.1) is 22.3 Å². The van der Waals surface area contributed by atoms with Crippen LogP contribution in [-0.4, -0.2) is 50.8 Å². The summed E-state index contributed by atoms with van der Waals surface area (Å²) >= 11 is 0. The van der Waals surface area contributed by atoms with E-state index in [1.807, 2.05) is 0 Å². The van der Waals surface area contributed by atoms with Gasteiger partial charge in [0, 0.05) is 13.8 Å². The third-order valence-corrected chi connectivity index (χ3v) is 4.99. The van der Waals surface area contributed by atoms with Crippen LogP contribution >= 0.6 is 0 Å². The average molecular weight is 489 g/mol. The average Bonchev–Trinajstić information content (AvgIpc) is 2.84. The summed E-state index contributed by atoms with van der Waals surface area (Å²) in [6.45, 7) is 2.12. The van der Waals surface area contributed by atoms with E-state index in [-0.39, 0.29) is 33.9 Å². The van der Waals surface area contributed by atoms with Crippen LogP contribution < -0.4 is 9.80 Å². The lowest BCUT2D eigenvalue weighted by atomic mass is 10.1. The molecule has 3 aromatic rings. The molecule has 2 aromatic carbocycles. The van der Waals surface area contributed by atoms with E-state index in [0.29, 0.717) is 9.80 Å². The van der Waals surface area contributed by atoms with Crippen molar-refractivity contribution in [1.29, 1.82) is 0 Å². The first-order valence-electron chi connectivity index (χ1n) is 10.4. The molecule has 0 aliphatic heterocycles. The van der Waals surface area contributed by atoms with Crippen molar-refractivity contribution in [3.8, 4) is 0 Å². The summed E-state index contributed by atoms with van der Waals surface area (Å²) in [6, 6.07) is 14.4. The Labute approximate surface area is 204 Å². The number of amides is 4. The molecule has 0 fully saturated rings. The standard InChI is InChI=1S/C25H19N3O8/c1-14(29)27(22(31)16-8-3-5-10-18(16)24(33)34)20-12-7-13-21(26-20)28(15(2)30)23(32)17-9-4-6-11-19(17)25(35)36/h3-13H,1-2H3,(H,33,34)(H,35,36). The van der Waals surface area contributed by atoms with Gasteiger partial charge in [0.25, 0.3) is 11.8 Å². The minimum absolute atomic E-state index is 0.276. The molecule has 0 spiro atoms. The fraction of sp³-hybridized carbons (Fsp3) is 0.0800. The lowest BCUT2D eigenvalue weighted by Gasteiger charge is -2.23. The van der Waals surface area contributed by atoms with Gasteiger partial charge in [-0.15, -0.1) is 0 Å². The number of anilines is 2. The van der Waals surface area contributed by atoms with Crippen LogP contribution in [0.5, 0.6) is 0 Å². The van der Waals surface area contributed by atoms with Crippen molar-refractivity contribution in [3.63, 3.8) is 0 Å². The van der Waals surface area contributed by atoms with E-state index in [9.17, 15) is 39.0 Å². The van der Waals surface area contributed by atoms with Crippen LogP contribution in [-0.2, 0) is 9.59 Å². The van der Waals surface area contributed by atoms with E-state index in [0.717, 1.165) is 13.8 Å². The SMILES string of the molecule is CC(=O)N(C(=O)c1ccccc1C(=O)O)c1cccc(N(C(C)=O)C(=O)c2ccccc2C(=O)O)n1. The van der Waals surface area contributed by atoms with Crippen molar-refractivity contribution in [2.45, 2.75) is 13.8 Å². The van der Waals surface area contributed by atoms with Crippen LogP contribution in [0.15, 0.2) is 66.7 Å². The van der Waals surface area contributed by atoms with Crippen LogP contribution in [0.2, 0.25) is 0 Å². The first-order chi connectivity index (χ1) is 17.0. The molecule has 11 heteroatoms. The number of aromatic carboxylic acids is 2. The Kier molecular flexibility index (Phi) is 7.34. The lowest BCUT2D eigenvalue weighted by molar-refractivity contribution is -0.116. The number of hydrogen-bond acceptors (Lipinski definition) is 7. The molecule has 0 bridgehead atoms. The molecule has 11 nitrogen and oxygen atoms in total. The van der Waals surface area contributed by atoms with E-state index in [2.05, 4.69) is 4.98 Å². The van der Waals surface area contributed by atoms with Gasteiger partial charge in [0.2, 0.25) is 11.8 Å². The zero-order valence-electron chi connectivity index (χ0n) is 19.0. The highest BCUT2D eigenvalue weighted by Gasteiger charge is 2.30. The minimum Gasteiger partial charge on any atom is -0.478 e. The summed E-state index contributed by atoms with van der Waals surface area (Å²) in [5.41, 5.74) is -1.23. The van der Waals surface area contributed by atoms with Gasteiger partial charge in [0.1, 0.15) is 11.6 Å². The molecule has 182 valence electrons. The topological polar surface area (TPSA) is 162 Å². The van der Waals surface area contributed by atoms with E-state index in [1.165, 1.54) is 66.7 Å². The third-order valence-electron chi connectivity index (χ3n) is 4.99. The van der Waals surface area contributed by atoms with Crippen molar-refractivity contribution in [2.24, 2.45) is 0 Å². The van der Waals surface area contributed by atoms with Crippen molar-refractivity contribution >= 4 is 47.2 Å². The highest BCUT2D eigenvalue weighted by molar-refractivity contribution is 6.24. The van der Waals surface area contributed by atoms with Gasteiger partial charge in [0.15, 0.2) is 0 Å². The number of carboxylic acid groups (broad SMARTS) is 2. The van der Waals surface area contributed by atoms with Crippen molar-refractivity contribution in [3.05, 3.63) is 89.0 Å². The predicted octanol–water partition coefficient (Wildman–Crippen LogP) is 2.86. The lowest BCUT2D eigenvalue weighted by Crippen LogP contribution is -2.39. The van der Waals surface area contributed by atoms with Gasteiger partial charge >= 0.3 is 11.9 Å². The maximum atomic E-state index is 13.2. The van der Waals surface area contributed by atoms with Gasteiger partial charge in [-0.3, -0.25) is 19.2 Å². The summed E-state index contributed by atoms with van der Waals surface area (Å²) in [7, 11) is 0. The van der Waals surface area contributed by atoms with E-state index >= 15 is 0 Å². The number of hydrogen-bond donors (Lipinski definition) is 2. The Morgan fingerprint density at radius 2 is 0.889 bits per heavy atom. The molecule has 0 radical (unpaired) electrons. The Balaban J connectivity index is 2.10. The van der Waals surface area contributed by atoms with Gasteiger partial charge in [-0.05, 0) is 36.4 Å². The molecule has 2 N–H and O–H groups in total. The fourth-order valence-electron chi connectivity index (χ4n) is 3.43. The molecule has 4 amide bonds.